The van der Waals surface area contributed by atoms with E-state index in [1.165, 1.54) is 29.5 Å². The Morgan fingerprint density at radius 3 is 2.70 bits per heavy atom. The first-order valence-corrected chi connectivity index (χ1v) is 17.8. The normalized spacial score (nSPS) is 51.3. The Kier molecular flexibility index (Phi) is 7.03. The van der Waals surface area contributed by atoms with E-state index in [-0.39, 0.29) is 23.2 Å². The molecule has 5 aliphatic carbocycles. The maximum Gasteiger partial charge on any atom is 0.180 e. The maximum absolute atomic E-state index is 10.6. The largest absolute Gasteiger partial charge is 0.394 e. The minimum absolute atomic E-state index is 0.120. The van der Waals surface area contributed by atoms with E-state index in [1.54, 1.807) is 17.3 Å². The molecule has 0 radical (unpaired) electrons. The molecule has 15 atom stereocenters. The van der Waals surface area contributed by atoms with Crippen molar-refractivity contribution in [3.05, 3.63) is 34.7 Å². The summed E-state index contributed by atoms with van der Waals surface area (Å²) in [6.07, 6.45) is 7.78. The van der Waals surface area contributed by atoms with Crippen molar-refractivity contribution >= 4 is 0 Å². The van der Waals surface area contributed by atoms with Gasteiger partial charge in [0.1, 0.15) is 24.4 Å². The number of aromatic nitrogens is 3. The van der Waals surface area contributed by atoms with Crippen molar-refractivity contribution in [3.8, 4) is 0 Å². The molecule has 11 heteroatoms. The van der Waals surface area contributed by atoms with Gasteiger partial charge in [-0.1, -0.05) is 36.3 Å². The van der Waals surface area contributed by atoms with Gasteiger partial charge in [0.05, 0.1) is 36.3 Å². The fraction of sp³-hybridized carbons (Fsp3) is 0.829. The average molecular weight is 639 g/mol. The average Bonchev–Trinajstić information content (AvgIpc) is 3.69. The van der Waals surface area contributed by atoms with Gasteiger partial charge < -0.3 is 35.0 Å². The molecule has 1 spiro atoms. The molecule has 1 aromatic rings. The molecule has 252 valence electrons. The van der Waals surface area contributed by atoms with E-state index in [2.05, 4.69) is 35.1 Å². The van der Waals surface area contributed by atoms with Gasteiger partial charge in [-0.2, -0.15) is 0 Å². The van der Waals surface area contributed by atoms with Crippen LogP contribution in [0.1, 0.15) is 83.6 Å². The number of likely N-dealkylation sites (tertiary alicyclic amines) is 1. The topological polar surface area (TPSA) is 154 Å². The van der Waals surface area contributed by atoms with Crippen LogP contribution in [0.15, 0.2) is 29.0 Å². The zero-order valence-electron chi connectivity index (χ0n) is 27.0. The third kappa shape index (κ3) is 4.19. The molecule has 5 N–H and O–H groups in total. The SMILES string of the molecule is C[C@H]1C[C@H]2O[C@@]34CC[C@@H]5C(=C3C[C@@H]4[C@@H]2N(Cc2cn([C@@H]3OC(CO)[C@@H](O)C(O)C3O)nn2)C1)C[C@H]1[C@H]5CC=C2C[C@@H](O)CC[C@@]21C. The Hall–Kier alpha value is -1.70. The second kappa shape index (κ2) is 10.6. The van der Waals surface area contributed by atoms with Gasteiger partial charge in [0.2, 0.25) is 0 Å². The van der Waals surface area contributed by atoms with Gasteiger partial charge in [-0.15, -0.1) is 5.10 Å². The van der Waals surface area contributed by atoms with Crippen molar-refractivity contribution in [1.29, 1.82) is 0 Å². The van der Waals surface area contributed by atoms with Crippen LogP contribution >= 0.6 is 0 Å². The van der Waals surface area contributed by atoms with E-state index in [0.717, 1.165) is 56.7 Å². The molecular formula is C35H50N4O7. The lowest BCUT2D eigenvalue weighted by molar-refractivity contribution is -0.254. The lowest BCUT2D eigenvalue weighted by Gasteiger charge is -2.54. The van der Waals surface area contributed by atoms with Crippen molar-refractivity contribution in [2.24, 2.45) is 35.0 Å². The third-order valence-corrected chi connectivity index (χ3v) is 14.1. The highest BCUT2D eigenvalue weighted by Gasteiger charge is 2.68. The number of aliphatic hydroxyl groups is 5. The van der Waals surface area contributed by atoms with Crippen LogP contribution in [0, 0.1) is 35.0 Å². The standard InChI is InChI=1S/C35H50N4O7/c1-17-9-27-29(38(13-17)14-19-15-39(37-36-19)33-32(44)31(43)30(42)28(16-40)45-33)26-12-25-23-11-24-22(21(23)6-8-35(25,26)46-27)4-3-18-10-20(41)5-7-34(18,24)2/h3,15,17,20-22,24,26-33,40-44H,4-14,16H2,1-2H3/t17-,20-,21-,22-,24-,26+,27+,28?,29-,30+,31?,32?,33+,34-,35-/m0/s1. The monoisotopic (exact) mass is 638 g/mol. The second-order valence-corrected chi connectivity index (χ2v) is 16.4. The third-order valence-electron chi connectivity index (χ3n) is 14.1. The van der Waals surface area contributed by atoms with Crippen LogP contribution in [0.5, 0.6) is 0 Å². The van der Waals surface area contributed by atoms with Gasteiger partial charge in [-0.3, -0.25) is 4.90 Å². The van der Waals surface area contributed by atoms with Gasteiger partial charge in [0.15, 0.2) is 6.23 Å². The number of piperidine rings is 1. The summed E-state index contributed by atoms with van der Waals surface area (Å²) in [5, 5.41) is 59.8. The molecule has 9 rings (SSSR count). The molecule has 3 unspecified atom stereocenters. The quantitative estimate of drug-likeness (QED) is 0.309. The molecule has 46 heavy (non-hydrogen) atoms. The lowest BCUT2D eigenvalue weighted by atomic mass is 9.54. The molecule has 0 bridgehead atoms. The number of allylic oxidation sites excluding steroid dienone is 2. The van der Waals surface area contributed by atoms with E-state index < -0.39 is 37.3 Å². The molecule has 3 saturated heterocycles. The van der Waals surface area contributed by atoms with Gasteiger partial charge in [0, 0.05) is 25.0 Å². The number of nitrogens with zero attached hydrogens (tertiary/aromatic N) is 4. The first-order valence-electron chi connectivity index (χ1n) is 17.8. The van der Waals surface area contributed by atoms with E-state index in [9.17, 15) is 25.5 Å². The molecule has 1 aromatic heterocycles. The summed E-state index contributed by atoms with van der Waals surface area (Å²) in [4.78, 5) is 2.55. The summed E-state index contributed by atoms with van der Waals surface area (Å²) in [6.45, 7) is 5.89. The van der Waals surface area contributed by atoms with Gasteiger partial charge in [-0.25, -0.2) is 4.68 Å². The number of ether oxygens (including phenoxy) is 2. The maximum atomic E-state index is 10.6. The van der Waals surface area contributed by atoms with Crippen molar-refractivity contribution in [2.75, 3.05) is 13.2 Å². The zero-order valence-corrected chi connectivity index (χ0v) is 27.0. The summed E-state index contributed by atoms with van der Waals surface area (Å²) in [7, 11) is 0. The van der Waals surface area contributed by atoms with E-state index >= 15 is 0 Å². The number of rotatable bonds is 4. The Morgan fingerprint density at radius 1 is 1.02 bits per heavy atom. The van der Waals surface area contributed by atoms with Crippen LogP contribution < -0.4 is 0 Å². The van der Waals surface area contributed by atoms with Crippen molar-refractivity contribution in [1.82, 2.24) is 19.9 Å². The number of hydrogen-bond acceptors (Lipinski definition) is 10. The Labute approximate surface area is 270 Å². The number of hydrogen-bond donors (Lipinski definition) is 5. The summed E-state index contributed by atoms with van der Waals surface area (Å²) >= 11 is 0. The smallest absolute Gasteiger partial charge is 0.180 e. The minimum atomic E-state index is -1.46. The number of fused-ring (bicyclic) bond motifs is 7. The summed E-state index contributed by atoms with van der Waals surface area (Å²) < 4.78 is 14.4. The fourth-order valence-electron chi connectivity index (χ4n) is 11.9. The first-order chi connectivity index (χ1) is 22.1. The second-order valence-electron chi connectivity index (χ2n) is 16.4. The fourth-order valence-corrected chi connectivity index (χ4v) is 11.9. The zero-order chi connectivity index (χ0) is 31.7. The molecule has 3 aliphatic heterocycles. The van der Waals surface area contributed by atoms with Crippen LogP contribution in [0.3, 0.4) is 0 Å². The summed E-state index contributed by atoms with van der Waals surface area (Å²) in [5.74, 6) is 3.07. The first kappa shape index (κ1) is 30.4. The van der Waals surface area contributed by atoms with Gasteiger partial charge in [0.25, 0.3) is 0 Å². The molecule has 6 fully saturated rings. The Balaban J connectivity index is 0.950. The van der Waals surface area contributed by atoms with Crippen molar-refractivity contribution in [2.45, 2.75) is 133 Å². The molecular weight excluding hydrogens is 588 g/mol. The molecule has 0 aromatic carbocycles. The van der Waals surface area contributed by atoms with Crippen LogP contribution in [0.25, 0.3) is 0 Å². The van der Waals surface area contributed by atoms with Crippen molar-refractivity contribution in [3.63, 3.8) is 0 Å². The van der Waals surface area contributed by atoms with E-state index in [1.807, 2.05) is 0 Å². The molecule has 4 heterocycles. The molecule has 3 saturated carbocycles. The minimum Gasteiger partial charge on any atom is -0.394 e. The highest BCUT2D eigenvalue weighted by atomic mass is 16.6. The molecule has 0 amide bonds. The number of aliphatic hydroxyl groups excluding tert-OH is 5. The highest BCUT2D eigenvalue weighted by Crippen LogP contribution is 2.69. The predicted molar refractivity (Wildman–Crippen MR) is 165 cm³/mol. The van der Waals surface area contributed by atoms with E-state index in [4.69, 9.17) is 9.47 Å². The van der Waals surface area contributed by atoms with Gasteiger partial charge in [-0.05, 0) is 92.4 Å². The Bertz CT molecular complexity index is 1450. The van der Waals surface area contributed by atoms with E-state index in [0.29, 0.717) is 36.3 Å². The van der Waals surface area contributed by atoms with Crippen LogP contribution in [-0.2, 0) is 16.0 Å². The van der Waals surface area contributed by atoms with Gasteiger partial charge >= 0.3 is 0 Å². The molecule has 11 nitrogen and oxygen atoms in total. The summed E-state index contributed by atoms with van der Waals surface area (Å²) in [5.41, 5.74) is 5.76. The van der Waals surface area contributed by atoms with Crippen LogP contribution in [0.2, 0.25) is 0 Å². The van der Waals surface area contributed by atoms with Crippen molar-refractivity contribution < 1.29 is 35.0 Å². The predicted octanol–water partition coefficient (Wildman–Crippen LogP) is 1.84. The Morgan fingerprint density at radius 2 is 1.87 bits per heavy atom. The van der Waals surface area contributed by atoms with Crippen LogP contribution in [-0.4, -0.2) is 107 Å². The lowest BCUT2D eigenvalue weighted by Crippen LogP contribution is -2.57. The molecule has 8 aliphatic rings. The van der Waals surface area contributed by atoms with Crippen LogP contribution in [0.4, 0.5) is 0 Å². The highest BCUT2D eigenvalue weighted by molar-refractivity contribution is 5.45. The summed E-state index contributed by atoms with van der Waals surface area (Å²) in [6, 6.07) is 0.323.